The molecule has 3 heterocycles. The number of rotatable bonds is 10. The van der Waals surface area contributed by atoms with Crippen LogP contribution in [0.25, 0.3) is 23.0 Å². The van der Waals surface area contributed by atoms with Crippen LogP contribution in [0.4, 0.5) is 0 Å². The molecular weight excluding hydrogens is 653 g/mol. The van der Waals surface area contributed by atoms with Crippen molar-refractivity contribution >= 4 is 50.3 Å². The van der Waals surface area contributed by atoms with Crippen LogP contribution in [0, 0.1) is 0 Å². The van der Waals surface area contributed by atoms with Gasteiger partial charge in [-0.15, -0.1) is 0 Å². The van der Waals surface area contributed by atoms with E-state index in [0.29, 0.717) is 63.6 Å². The molecule has 1 aromatic heterocycles. The first kappa shape index (κ1) is 33.0. The Morgan fingerprint density at radius 1 is 0.915 bits per heavy atom. The number of ether oxygens (including phenoxy) is 2. The molecule has 12 heteroatoms. The van der Waals surface area contributed by atoms with Gasteiger partial charge in [0.15, 0.2) is 11.5 Å². The van der Waals surface area contributed by atoms with Gasteiger partial charge in [-0.05, 0) is 67.3 Å². The third-order valence-corrected chi connectivity index (χ3v) is 11.6. The number of thioether (sulfide) groups is 1. The van der Waals surface area contributed by atoms with Crippen LogP contribution in [0.1, 0.15) is 36.8 Å². The lowest BCUT2D eigenvalue weighted by molar-refractivity contribution is -0.122. The van der Waals surface area contributed by atoms with Crippen LogP contribution in [0.15, 0.2) is 88.8 Å². The number of aromatic nitrogens is 2. The number of carbonyl (C=O) groups excluding carboxylic acids is 1. The Labute approximate surface area is 285 Å². The number of methoxy groups -OCH3 is 2. The van der Waals surface area contributed by atoms with Crippen LogP contribution in [0.5, 0.6) is 11.5 Å². The summed E-state index contributed by atoms with van der Waals surface area (Å²) >= 11 is 6.89. The average Bonchev–Trinajstić information content (AvgIpc) is 3.48. The van der Waals surface area contributed by atoms with Crippen LogP contribution < -0.4 is 9.47 Å². The largest absolute Gasteiger partial charge is 0.493 e. The number of nitrogens with zero attached hydrogens (tertiary/aromatic N) is 4. The van der Waals surface area contributed by atoms with E-state index in [1.165, 1.54) is 11.8 Å². The molecule has 0 unspecified atom stereocenters. The summed E-state index contributed by atoms with van der Waals surface area (Å²) < 4.78 is 41.9. The Bertz CT molecular complexity index is 1920. The number of amides is 1. The van der Waals surface area contributed by atoms with Crippen LogP contribution in [0.2, 0.25) is 0 Å². The van der Waals surface area contributed by atoms with E-state index in [-0.39, 0.29) is 10.8 Å². The molecule has 6 rings (SSSR count). The predicted molar refractivity (Wildman–Crippen MR) is 189 cm³/mol. The maximum atomic E-state index is 13.7. The van der Waals surface area contributed by atoms with E-state index < -0.39 is 10.0 Å². The third kappa shape index (κ3) is 7.15. The summed E-state index contributed by atoms with van der Waals surface area (Å²) in [6.07, 6.45) is 8.03. The molecule has 0 bridgehead atoms. The van der Waals surface area contributed by atoms with E-state index in [4.69, 9.17) is 26.8 Å². The van der Waals surface area contributed by atoms with Crippen LogP contribution in [-0.4, -0.2) is 71.5 Å². The molecule has 2 fully saturated rings. The summed E-state index contributed by atoms with van der Waals surface area (Å²) in [5, 5.41) is 4.89. The number of carbonyl (C=O) groups is 1. The molecule has 2 aliphatic rings. The second-order valence-corrected chi connectivity index (χ2v) is 14.9. The SMILES string of the molecule is COc1ccc(CCN2C(=O)C(=Cc3cn(-c4ccccc4)nc3-c3cccc(S(=O)(=O)N4CCCCCC4)c3)SC2=S)cc1OC. The van der Waals surface area contributed by atoms with E-state index in [1.807, 2.05) is 60.8 Å². The Balaban J connectivity index is 1.31. The second kappa shape index (κ2) is 14.4. The molecule has 47 heavy (non-hydrogen) atoms. The predicted octanol–water partition coefficient (Wildman–Crippen LogP) is 6.57. The summed E-state index contributed by atoms with van der Waals surface area (Å²) in [4.78, 5) is 16.0. The van der Waals surface area contributed by atoms with E-state index in [2.05, 4.69) is 0 Å². The Morgan fingerprint density at radius 2 is 1.66 bits per heavy atom. The number of hydrogen-bond acceptors (Lipinski definition) is 8. The number of benzene rings is 3. The van der Waals surface area contributed by atoms with Gasteiger partial charge in [0, 0.05) is 37.0 Å². The van der Waals surface area contributed by atoms with Gasteiger partial charge in [0.05, 0.1) is 29.7 Å². The van der Waals surface area contributed by atoms with E-state index in [1.54, 1.807) is 52.4 Å². The molecule has 244 valence electrons. The van der Waals surface area contributed by atoms with Gasteiger partial charge in [-0.3, -0.25) is 9.69 Å². The van der Waals surface area contributed by atoms with Crippen molar-refractivity contribution in [1.29, 1.82) is 0 Å². The molecule has 0 atom stereocenters. The van der Waals surface area contributed by atoms with Gasteiger partial charge in [-0.25, -0.2) is 13.1 Å². The van der Waals surface area contributed by atoms with E-state index >= 15 is 0 Å². The molecule has 0 aliphatic carbocycles. The lowest BCUT2D eigenvalue weighted by Crippen LogP contribution is -2.31. The van der Waals surface area contributed by atoms with Gasteiger partial charge in [0.2, 0.25) is 10.0 Å². The van der Waals surface area contributed by atoms with Gasteiger partial charge < -0.3 is 9.47 Å². The standard InChI is InChI=1S/C35H36N4O5S3/c1-43-30-16-15-25(21-31(30)44-2)17-20-38-34(40)32(46-35(38)45)23-27-24-39(28-12-6-5-7-13-28)36-33(27)26-11-10-14-29(22-26)47(41,42)37-18-8-3-4-9-19-37/h5-7,10-16,21-24H,3-4,8-9,17-20H2,1-2H3. The average molecular weight is 689 g/mol. The molecule has 0 spiro atoms. The number of sulfonamides is 1. The molecule has 4 aromatic rings. The highest BCUT2D eigenvalue weighted by molar-refractivity contribution is 8.26. The van der Waals surface area contributed by atoms with Crippen molar-refractivity contribution in [1.82, 2.24) is 19.0 Å². The zero-order chi connectivity index (χ0) is 33.0. The number of hydrogen-bond donors (Lipinski definition) is 0. The van der Waals surface area contributed by atoms with Gasteiger partial charge in [0.25, 0.3) is 5.91 Å². The monoisotopic (exact) mass is 688 g/mol. The minimum Gasteiger partial charge on any atom is -0.493 e. The molecule has 2 aliphatic heterocycles. The fourth-order valence-corrected chi connectivity index (χ4v) is 8.64. The topological polar surface area (TPSA) is 94.0 Å². The zero-order valence-electron chi connectivity index (χ0n) is 26.3. The first-order chi connectivity index (χ1) is 22.8. The summed E-state index contributed by atoms with van der Waals surface area (Å²) in [5.74, 6) is 1.08. The molecule has 9 nitrogen and oxygen atoms in total. The highest BCUT2D eigenvalue weighted by atomic mass is 32.2. The quantitative estimate of drug-likeness (QED) is 0.137. The van der Waals surface area contributed by atoms with Crippen molar-refractivity contribution in [3.63, 3.8) is 0 Å². The van der Waals surface area contributed by atoms with E-state index in [0.717, 1.165) is 36.9 Å². The maximum Gasteiger partial charge on any atom is 0.266 e. The molecule has 0 N–H and O–H groups in total. The number of para-hydroxylation sites is 1. The molecular formula is C35H36N4O5S3. The lowest BCUT2D eigenvalue weighted by atomic mass is 10.1. The van der Waals surface area contributed by atoms with Crippen molar-refractivity contribution in [2.24, 2.45) is 0 Å². The minimum atomic E-state index is -3.67. The van der Waals surface area contributed by atoms with Crippen molar-refractivity contribution in [3.05, 3.63) is 95.0 Å². The van der Waals surface area contributed by atoms with Gasteiger partial charge in [-0.2, -0.15) is 9.40 Å². The molecule has 3 aromatic carbocycles. The van der Waals surface area contributed by atoms with Crippen molar-refractivity contribution in [3.8, 4) is 28.4 Å². The smallest absolute Gasteiger partial charge is 0.266 e. The minimum absolute atomic E-state index is 0.184. The number of thiocarbonyl (C=S) groups is 1. The Kier molecular flexibility index (Phi) is 10.1. The zero-order valence-corrected chi connectivity index (χ0v) is 28.7. The first-order valence-corrected chi connectivity index (χ1v) is 18.2. The molecule has 2 saturated heterocycles. The maximum absolute atomic E-state index is 13.7. The van der Waals surface area contributed by atoms with Crippen molar-refractivity contribution in [2.45, 2.75) is 37.0 Å². The summed E-state index contributed by atoms with van der Waals surface area (Å²) in [5.41, 5.74) is 3.72. The summed E-state index contributed by atoms with van der Waals surface area (Å²) in [7, 11) is -0.489. The molecule has 0 radical (unpaired) electrons. The van der Waals surface area contributed by atoms with Gasteiger partial charge in [-0.1, -0.05) is 73.2 Å². The van der Waals surface area contributed by atoms with Gasteiger partial charge >= 0.3 is 0 Å². The lowest BCUT2D eigenvalue weighted by Gasteiger charge is -2.20. The fourth-order valence-electron chi connectivity index (χ4n) is 5.78. The first-order valence-electron chi connectivity index (χ1n) is 15.5. The highest BCUT2D eigenvalue weighted by Gasteiger charge is 2.32. The Hall–Kier alpha value is -3.97. The van der Waals surface area contributed by atoms with Gasteiger partial charge in [0.1, 0.15) is 10.0 Å². The fraction of sp³-hybridized carbons (Fsp3) is 0.286. The summed E-state index contributed by atoms with van der Waals surface area (Å²) in [6.45, 7) is 1.45. The van der Waals surface area contributed by atoms with Crippen LogP contribution >= 0.6 is 24.0 Å². The molecule has 0 saturated carbocycles. The van der Waals surface area contributed by atoms with Crippen molar-refractivity contribution < 1.29 is 22.7 Å². The Morgan fingerprint density at radius 3 is 2.38 bits per heavy atom. The normalized spacial score (nSPS) is 16.9. The molecule has 1 amide bonds. The van der Waals surface area contributed by atoms with Crippen LogP contribution in [0.3, 0.4) is 0 Å². The third-order valence-electron chi connectivity index (χ3n) is 8.31. The highest BCUT2D eigenvalue weighted by Crippen LogP contribution is 2.36. The van der Waals surface area contributed by atoms with E-state index in [9.17, 15) is 13.2 Å². The summed E-state index contributed by atoms with van der Waals surface area (Å²) in [6, 6.07) is 22.3. The second-order valence-electron chi connectivity index (χ2n) is 11.3. The van der Waals surface area contributed by atoms with Crippen molar-refractivity contribution in [2.75, 3.05) is 33.9 Å². The van der Waals surface area contributed by atoms with Crippen LogP contribution in [-0.2, 0) is 21.2 Å².